The van der Waals surface area contributed by atoms with E-state index in [0.29, 0.717) is 5.92 Å². The first-order chi connectivity index (χ1) is 22.3. The van der Waals surface area contributed by atoms with E-state index < -0.39 is 7.92 Å². The summed E-state index contributed by atoms with van der Waals surface area (Å²) in [5, 5.41) is 4.55. The Labute approximate surface area is 299 Å². The topological polar surface area (TPSA) is 18.5 Å². The first-order valence-corrected chi connectivity index (χ1v) is 20.8. The van der Waals surface area contributed by atoms with Crippen LogP contribution in [0.4, 0.5) is 0 Å². The van der Waals surface area contributed by atoms with Gasteiger partial charge in [-0.2, -0.15) is 0 Å². The predicted octanol–water partition coefficient (Wildman–Crippen LogP) is 11.5. The summed E-state index contributed by atoms with van der Waals surface area (Å²) >= 11 is 0. The molecular formula is C42H58FeO2P2. The molecule has 0 N–H and O–H groups in total. The molecule has 0 amide bonds. The van der Waals surface area contributed by atoms with Crippen molar-refractivity contribution in [3.8, 4) is 11.5 Å². The smallest absolute Gasteiger partial charge is 0.124 e. The third-order valence-corrected chi connectivity index (χ3v) is 17.1. The molecule has 1 unspecified atom stereocenters. The van der Waals surface area contributed by atoms with Crippen molar-refractivity contribution in [2.45, 2.75) is 122 Å². The zero-order chi connectivity index (χ0) is 32.6. The van der Waals surface area contributed by atoms with E-state index in [2.05, 4.69) is 101 Å². The molecule has 6 rings (SSSR count). The molecule has 256 valence electrons. The van der Waals surface area contributed by atoms with Crippen molar-refractivity contribution in [3.63, 3.8) is 0 Å². The summed E-state index contributed by atoms with van der Waals surface area (Å²) < 4.78 is 11.6. The fraction of sp³-hybridized carbons (Fsp3) is 0.524. The normalized spacial score (nSPS) is 20.2. The van der Waals surface area contributed by atoms with Crippen molar-refractivity contribution in [2.75, 3.05) is 14.2 Å². The number of hydrogen-bond donors (Lipinski definition) is 0. The molecule has 5 heteroatoms. The van der Waals surface area contributed by atoms with Gasteiger partial charge < -0.3 is 9.47 Å². The molecule has 4 aliphatic rings. The Balaban J connectivity index is 0.000000762. The Hall–Kier alpha value is -1.62. The minimum atomic E-state index is -0.685. The number of benzene rings is 2. The second-order valence-electron chi connectivity index (χ2n) is 13.9. The molecule has 0 radical (unpaired) electrons. The third kappa shape index (κ3) is 9.14. The van der Waals surface area contributed by atoms with Gasteiger partial charge in [-0.05, 0) is 147 Å². The Kier molecular flexibility index (Phi) is 14.9. The van der Waals surface area contributed by atoms with E-state index in [4.69, 9.17) is 9.47 Å². The van der Waals surface area contributed by atoms with Crippen LogP contribution in [-0.4, -0.2) is 31.2 Å². The van der Waals surface area contributed by atoms with E-state index in [0.717, 1.165) is 34.9 Å². The fourth-order valence-electron chi connectivity index (χ4n) is 8.62. The van der Waals surface area contributed by atoms with Gasteiger partial charge in [0.2, 0.25) is 0 Å². The van der Waals surface area contributed by atoms with Crippen LogP contribution in [0.15, 0.2) is 72.1 Å². The molecule has 4 aliphatic carbocycles. The Bertz CT molecular complexity index is 1310. The molecule has 2 aromatic carbocycles. The predicted molar refractivity (Wildman–Crippen MR) is 205 cm³/mol. The van der Waals surface area contributed by atoms with Gasteiger partial charge in [0, 0.05) is 23.0 Å². The summed E-state index contributed by atoms with van der Waals surface area (Å²) in [6.07, 6.45) is 31.6. The van der Waals surface area contributed by atoms with Crippen LogP contribution in [0.3, 0.4) is 0 Å². The van der Waals surface area contributed by atoms with Crippen LogP contribution in [0.2, 0.25) is 0 Å². The van der Waals surface area contributed by atoms with Gasteiger partial charge in [0.05, 0.1) is 14.2 Å². The zero-order valence-electron chi connectivity index (χ0n) is 30.0. The van der Waals surface area contributed by atoms with Crippen LogP contribution >= 0.6 is 15.8 Å². The molecule has 0 aromatic heterocycles. The van der Waals surface area contributed by atoms with Crippen molar-refractivity contribution < 1.29 is 26.5 Å². The van der Waals surface area contributed by atoms with Gasteiger partial charge in [0.15, 0.2) is 0 Å². The zero-order valence-corrected chi connectivity index (χ0v) is 32.9. The Morgan fingerprint density at radius 2 is 1.06 bits per heavy atom. The Morgan fingerprint density at radius 1 is 0.638 bits per heavy atom. The minimum Gasteiger partial charge on any atom is -0.496 e. The molecule has 2 saturated carbocycles. The van der Waals surface area contributed by atoms with E-state index in [1.807, 2.05) is 0 Å². The molecular weight excluding hydrogens is 654 g/mol. The first-order valence-electron chi connectivity index (χ1n) is 17.9. The van der Waals surface area contributed by atoms with Crippen LogP contribution in [0, 0.1) is 33.6 Å². The molecule has 47 heavy (non-hydrogen) atoms. The summed E-state index contributed by atoms with van der Waals surface area (Å²) in [6, 6.07) is 9.66. The SMILES string of the molecule is C1=CCC=C1.COc1c(C)cc(P(C2=CC=CC2[C@@H](C)P(C2CCCCC2)C2CCCCC2)c2cc(C)c(OC)c(C)c2)cc1C.[Fe]. The largest absolute Gasteiger partial charge is 0.496 e. The molecule has 0 spiro atoms. The standard InChI is InChI=1S/C37H52O2P2.C5H6.Fe/c1-25-21-32(22-26(2)36(25)38-6)41(33-23-27(3)37(39-7)28(4)24-33)35-20-14-19-34(35)29(5)40(30-15-10-8-11-16-30)31-17-12-9-13-18-31;1-2-4-5-3-1;/h14,19-24,29-31,34H,8-13,15-18H2,1-7H3;1-4H,5H2;/t29-,34?;;/m1../s1. The van der Waals surface area contributed by atoms with E-state index in [9.17, 15) is 0 Å². The molecule has 0 aliphatic heterocycles. The van der Waals surface area contributed by atoms with E-state index in [-0.39, 0.29) is 25.0 Å². The van der Waals surface area contributed by atoms with Gasteiger partial charge in [-0.1, -0.05) is 95.9 Å². The number of allylic oxidation sites excluding steroid dienone is 8. The number of rotatable bonds is 9. The molecule has 2 atom stereocenters. The van der Waals surface area contributed by atoms with Crippen molar-refractivity contribution in [3.05, 3.63) is 94.4 Å². The Morgan fingerprint density at radius 3 is 1.43 bits per heavy atom. The minimum absolute atomic E-state index is 0. The van der Waals surface area contributed by atoms with Gasteiger partial charge in [-0.15, -0.1) is 0 Å². The second-order valence-corrected chi connectivity index (χ2v) is 19.3. The molecule has 0 saturated heterocycles. The van der Waals surface area contributed by atoms with Crippen LogP contribution in [0.25, 0.3) is 0 Å². The maximum absolute atomic E-state index is 5.80. The summed E-state index contributed by atoms with van der Waals surface area (Å²) in [4.78, 5) is 0. The molecule has 0 heterocycles. The van der Waals surface area contributed by atoms with Crippen molar-refractivity contribution in [1.29, 1.82) is 0 Å². The van der Waals surface area contributed by atoms with E-state index >= 15 is 0 Å². The number of hydrogen-bond acceptors (Lipinski definition) is 2. The van der Waals surface area contributed by atoms with E-state index in [1.165, 1.54) is 97.1 Å². The molecule has 0 bridgehead atoms. The number of aryl methyl sites for hydroxylation is 4. The van der Waals surface area contributed by atoms with Gasteiger partial charge >= 0.3 is 0 Å². The quantitative estimate of drug-likeness (QED) is 0.190. The fourth-order valence-corrected chi connectivity index (χ4v) is 16.2. The maximum atomic E-state index is 5.80. The van der Waals surface area contributed by atoms with Gasteiger partial charge in [-0.25, -0.2) is 0 Å². The third-order valence-electron chi connectivity index (χ3n) is 10.6. The number of methoxy groups -OCH3 is 2. The van der Waals surface area contributed by atoms with Crippen molar-refractivity contribution in [2.24, 2.45) is 5.92 Å². The average molecular weight is 713 g/mol. The summed E-state index contributed by atoms with van der Waals surface area (Å²) in [7, 11) is 2.89. The van der Waals surface area contributed by atoms with Gasteiger partial charge in [0.1, 0.15) is 11.5 Å². The summed E-state index contributed by atoms with van der Waals surface area (Å²) in [5.74, 6) is 2.57. The van der Waals surface area contributed by atoms with Gasteiger partial charge in [0.25, 0.3) is 0 Å². The molecule has 2 nitrogen and oxygen atoms in total. The van der Waals surface area contributed by atoms with Gasteiger partial charge in [-0.3, -0.25) is 0 Å². The summed E-state index contributed by atoms with van der Waals surface area (Å²) in [6.45, 7) is 11.5. The summed E-state index contributed by atoms with van der Waals surface area (Å²) in [5.41, 5.74) is 7.61. The molecule has 2 fully saturated rings. The van der Waals surface area contributed by atoms with E-state index in [1.54, 1.807) is 19.5 Å². The second kappa shape index (κ2) is 18.4. The van der Waals surface area contributed by atoms with Crippen LogP contribution in [-0.2, 0) is 17.1 Å². The monoisotopic (exact) mass is 712 g/mol. The van der Waals surface area contributed by atoms with Crippen molar-refractivity contribution in [1.82, 2.24) is 0 Å². The van der Waals surface area contributed by atoms with Crippen LogP contribution < -0.4 is 20.1 Å². The molecule has 2 aromatic rings. The van der Waals surface area contributed by atoms with Crippen LogP contribution in [0.1, 0.15) is 99.8 Å². The maximum Gasteiger partial charge on any atom is 0.124 e. The van der Waals surface area contributed by atoms with Crippen molar-refractivity contribution >= 4 is 26.5 Å². The van der Waals surface area contributed by atoms with Crippen LogP contribution in [0.5, 0.6) is 11.5 Å². The first kappa shape index (κ1) is 38.2. The average Bonchev–Trinajstić information content (AvgIpc) is 3.79. The number of ether oxygens (including phenoxy) is 2.